The van der Waals surface area contributed by atoms with Crippen molar-refractivity contribution in [3.8, 4) is 0 Å². The van der Waals surface area contributed by atoms with Gasteiger partial charge in [-0.2, -0.15) is 0 Å². The zero-order valence-electron chi connectivity index (χ0n) is 12.3. The number of fused-ring (bicyclic) bond motifs is 1. The van der Waals surface area contributed by atoms with Crippen molar-refractivity contribution in [2.24, 2.45) is 0 Å². The third-order valence-electron chi connectivity index (χ3n) is 3.38. The fourth-order valence-electron chi connectivity index (χ4n) is 2.25. The summed E-state index contributed by atoms with van der Waals surface area (Å²) in [4.78, 5) is 16.2. The van der Waals surface area contributed by atoms with Gasteiger partial charge in [0.15, 0.2) is 0 Å². The fraction of sp³-hybridized carbons (Fsp3) is 0.176. The summed E-state index contributed by atoms with van der Waals surface area (Å²) in [6.07, 6.45) is 3.33. The molecule has 2 aromatic heterocycles. The van der Waals surface area contributed by atoms with Crippen LogP contribution in [0.25, 0.3) is 10.9 Å². The van der Waals surface area contributed by atoms with E-state index in [1.54, 1.807) is 18.5 Å². The molecular weight excluding hydrogens is 278 g/mol. The number of furan rings is 1. The monoisotopic (exact) mass is 295 g/mol. The maximum atomic E-state index is 11.9. The van der Waals surface area contributed by atoms with Crippen LogP contribution in [0.5, 0.6) is 0 Å². The van der Waals surface area contributed by atoms with E-state index >= 15 is 0 Å². The van der Waals surface area contributed by atoms with Crippen LogP contribution in [-0.4, -0.2) is 17.4 Å². The zero-order chi connectivity index (χ0) is 15.4. The molecule has 3 aromatic rings. The third-order valence-corrected chi connectivity index (χ3v) is 3.38. The highest BCUT2D eigenvalue weighted by Crippen LogP contribution is 2.22. The van der Waals surface area contributed by atoms with E-state index < -0.39 is 0 Å². The van der Waals surface area contributed by atoms with Gasteiger partial charge in [-0.15, -0.1) is 0 Å². The summed E-state index contributed by atoms with van der Waals surface area (Å²) >= 11 is 0. The minimum Gasteiger partial charge on any atom is -0.467 e. The molecule has 5 nitrogen and oxygen atoms in total. The first-order valence-corrected chi connectivity index (χ1v) is 7.11. The first kappa shape index (κ1) is 14.1. The summed E-state index contributed by atoms with van der Waals surface area (Å²) in [5.74, 6) is 0.646. The summed E-state index contributed by atoms with van der Waals surface area (Å²) in [6.45, 7) is 2.63. The predicted molar refractivity (Wildman–Crippen MR) is 85.5 cm³/mol. The van der Waals surface area contributed by atoms with E-state index in [1.807, 2.05) is 31.2 Å². The van der Waals surface area contributed by atoms with Crippen molar-refractivity contribution in [2.45, 2.75) is 13.5 Å². The van der Waals surface area contributed by atoms with Crippen LogP contribution in [0.4, 0.5) is 5.69 Å². The molecule has 0 atom stereocenters. The molecule has 0 bridgehead atoms. The van der Waals surface area contributed by atoms with E-state index in [0.29, 0.717) is 6.54 Å². The summed E-state index contributed by atoms with van der Waals surface area (Å²) in [5.41, 5.74) is 2.97. The molecule has 2 N–H and O–H groups in total. The van der Waals surface area contributed by atoms with Gasteiger partial charge < -0.3 is 15.1 Å². The number of hydrogen-bond donors (Lipinski definition) is 2. The Labute approximate surface area is 128 Å². The Hall–Kier alpha value is -2.82. The molecule has 0 aliphatic carbocycles. The molecule has 0 unspecified atom stereocenters. The number of rotatable bonds is 5. The largest absolute Gasteiger partial charge is 0.467 e. The van der Waals surface area contributed by atoms with Gasteiger partial charge in [-0.25, -0.2) is 0 Å². The lowest BCUT2D eigenvalue weighted by molar-refractivity contribution is -0.119. The van der Waals surface area contributed by atoms with Gasteiger partial charge in [-0.3, -0.25) is 9.78 Å². The molecule has 0 fully saturated rings. The van der Waals surface area contributed by atoms with Crippen LogP contribution in [0.15, 0.2) is 53.3 Å². The summed E-state index contributed by atoms with van der Waals surface area (Å²) in [5, 5.41) is 6.98. The van der Waals surface area contributed by atoms with Crippen LogP contribution in [0.2, 0.25) is 0 Å². The summed E-state index contributed by atoms with van der Waals surface area (Å²) in [6, 6.07) is 11.6. The highest BCUT2D eigenvalue weighted by atomic mass is 16.3. The minimum absolute atomic E-state index is 0.0889. The normalized spacial score (nSPS) is 10.6. The average Bonchev–Trinajstić information content (AvgIpc) is 3.04. The van der Waals surface area contributed by atoms with Crippen LogP contribution in [0, 0.1) is 6.92 Å². The Balaban J connectivity index is 1.63. The first-order valence-electron chi connectivity index (χ1n) is 7.11. The number of carbonyl (C=O) groups excluding carboxylic acids is 1. The van der Waals surface area contributed by atoms with Crippen molar-refractivity contribution in [1.82, 2.24) is 10.3 Å². The third kappa shape index (κ3) is 3.25. The minimum atomic E-state index is -0.0889. The standard InChI is InChI=1S/C17H17N3O2/c1-12-4-5-15-14(9-12)16(6-7-18-15)19-11-17(21)20-10-13-3-2-8-22-13/h2-9H,10-11H2,1H3,(H,18,19)(H,20,21). The molecule has 0 saturated heterocycles. The zero-order valence-corrected chi connectivity index (χ0v) is 12.3. The van der Waals surface area contributed by atoms with Crippen LogP contribution < -0.4 is 10.6 Å². The Morgan fingerprint density at radius 2 is 2.18 bits per heavy atom. The second-order valence-corrected chi connectivity index (χ2v) is 5.09. The van der Waals surface area contributed by atoms with E-state index in [-0.39, 0.29) is 12.5 Å². The predicted octanol–water partition coefficient (Wildman–Crippen LogP) is 2.86. The number of aromatic nitrogens is 1. The van der Waals surface area contributed by atoms with Gasteiger partial charge in [0.25, 0.3) is 0 Å². The SMILES string of the molecule is Cc1ccc2nccc(NCC(=O)NCc3ccco3)c2c1. The molecule has 2 heterocycles. The maximum absolute atomic E-state index is 11.9. The Morgan fingerprint density at radius 3 is 3.00 bits per heavy atom. The molecule has 0 spiro atoms. The summed E-state index contributed by atoms with van der Waals surface area (Å²) < 4.78 is 5.17. The van der Waals surface area contributed by atoms with Crippen LogP contribution >= 0.6 is 0 Å². The molecular formula is C17H17N3O2. The van der Waals surface area contributed by atoms with Gasteiger partial charge in [-0.05, 0) is 37.3 Å². The highest BCUT2D eigenvalue weighted by molar-refractivity contribution is 5.93. The number of benzene rings is 1. The fourth-order valence-corrected chi connectivity index (χ4v) is 2.25. The number of aryl methyl sites for hydroxylation is 1. The van der Waals surface area contributed by atoms with E-state index in [1.165, 1.54) is 0 Å². The lowest BCUT2D eigenvalue weighted by atomic mass is 10.1. The lowest BCUT2D eigenvalue weighted by Gasteiger charge is -2.10. The van der Waals surface area contributed by atoms with Gasteiger partial charge in [0.05, 0.1) is 24.9 Å². The van der Waals surface area contributed by atoms with Crippen molar-refractivity contribution >= 4 is 22.5 Å². The topological polar surface area (TPSA) is 67.2 Å². The molecule has 3 rings (SSSR count). The molecule has 0 saturated carbocycles. The van der Waals surface area contributed by atoms with E-state index in [0.717, 1.165) is 27.9 Å². The van der Waals surface area contributed by atoms with E-state index in [9.17, 15) is 4.79 Å². The van der Waals surface area contributed by atoms with Crippen molar-refractivity contribution in [2.75, 3.05) is 11.9 Å². The Bertz CT molecular complexity index is 782. The Morgan fingerprint density at radius 1 is 1.27 bits per heavy atom. The lowest BCUT2D eigenvalue weighted by Crippen LogP contribution is -2.29. The van der Waals surface area contributed by atoms with Crippen LogP contribution in [0.3, 0.4) is 0 Å². The number of pyridine rings is 1. The number of nitrogens with one attached hydrogen (secondary N) is 2. The van der Waals surface area contributed by atoms with Crippen LogP contribution in [-0.2, 0) is 11.3 Å². The Kier molecular flexibility index (Phi) is 4.05. The summed E-state index contributed by atoms with van der Waals surface area (Å²) in [7, 11) is 0. The van der Waals surface area contributed by atoms with Crippen LogP contribution in [0.1, 0.15) is 11.3 Å². The molecule has 112 valence electrons. The van der Waals surface area contributed by atoms with Crippen molar-refractivity contribution in [1.29, 1.82) is 0 Å². The molecule has 0 aliphatic rings. The molecule has 22 heavy (non-hydrogen) atoms. The second kappa shape index (κ2) is 6.30. The van der Waals surface area contributed by atoms with Gasteiger partial charge in [0.2, 0.25) is 5.91 Å². The number of carbonyl (C=O) groups is 1. The quantitative estimate of drug-likeness (QED) is 0.759. The van der Waals surface area contributed by atoms with Gasteiger partial charge in [-0.1, -0.05) is 11.6 Å². The smallest absolute Gasteiger partial charge is 0.239 e. The number of amides is 1. The molecule has 0 aliphatic heterocycles. The highest BCUT2D eigenvalue weighted by Gasteiger charge is 2.05. The average molecular weight is 295 g/mol. The van der Waals surface area contributed by atoms with E-state index in [2.05, 4.69) is 21.7 Å². The number of nitrogens with zero attached hydrogens (tertiary/aromatic N) is 1. The molecule has 1 amide bonds. The van der Waals surface area contributed by atoms with E-state index in [4.69, 9.17) is 4.42 Å². The molecule has 1 aromatic carbocycles. The molecule has 5 heteroatoms. The van der Waals surface area contributed by atoms with Crippen molar-refractivity contribution in [3.05, 3.63) is 60.2 Å². The van der Waals surface area contributed by atoms with Crippen molar-refractivity contribution < 1.29 is 9.21 Å². The van der Waals surface area contributed by atoms with Crippen molar-refractivity contribution in [3.63, 3.8) is 0 Å². The number of hydrogen-bond acceptors (Lipinski definition) is 4. The number of anilines is 1. The maximum Gasteiger partial charge on any atom is 0.239 e. The molecule has 0 radical (unpaired) electrons. The second-order valence-electron chi connectivity index (χ2n) is 5.09. The van der Waals surface area contributed by atoms with Gasteiger partial charge in [0, 0.05) is 17.3 Å². The van der Waals surface area contributed by atoms with Gasteiger partial charge in [0.1, 0.15) is 5.76 Å². The van der Waals surface area contributed by atoms with Gasteiger partial charge >= 0.3 is 0 Å². The first-order chi connectivity index (χ1) is 10.7.